The maximum absolute atomic E-state index is 12.0. The number of carbonyl (C=O) groups is 2. The molecule has 0 aliphatic carbocycles. The van der Waals surface area contributed by atoms with Gasteiger partial charge in [-0.2, -0.15) is 0 Å². The molecule has 6 nitrogen and oxygen atoms in total. The van der Waals surface area contributed by atoms with E-state index in [4.69, 9.17) is 17.2 Å². The van der Waals surface area contributed by atoms with E-state index >= 15 is 0 Å². The molecule has 0 spiro atoms. The Morgan fingerprint density at radius 2 is 2.12 bits per heavy atom. The molecule has 2 amide bonds. The summed E-state index contributed by atoms with van der Waals surface area (Å²) < 4.78 is 0. The summed E-state index contributed by atoms with van der Waals surface area (Å²) in [5.41, 5.74) is 16.4. The fourth-order valence-corrected chi connectivity index (χ4v) is 2.27. The number of carbonyl (C=O) groups excluding carboxylic acids is 2. The zero-order valence-corrected chi connectivity index (χ0v) is 9.56. The molecule has 6 N–H and O–H groups in total. The third-order valence-corrected chi connectivity index (χ3v) is 3.25. The van der Waals surface area contributed by atoms with Crippen molar-refractivity contribution < 1.29 is 9.59 Å². The van der Waals surface area contributed by atoms with Crippen LogP contribution in [0.25, 0.3) is 0 Å². The number of nitrogens with two attached hydrogens (primary N) is 3. The number of hydrogen-bond acceptors (Lipinski definition) is 4. The molecule has 1 heterocycles. The van der Waals surface area contributed by atoms with Gasteiger partial charge in [-0.05, 0) is 13.0 Å². The molecule has 1 fully saturated rings. The minimum Gasteiger partial charge on any atom is -0.368 e. The van der Waals surface area contributed by atoms with Crippen LogP contribution >= 0.6 is 0 Å². The molecule has 0 radical (unpaired) electrons. The van der Waals surface area contributed by atoms with E-state index in [1.54, 1.807) is 0 Å². The van der Waals surface area contributed by atoms with Crippen molar-refractivity contribution in [3.63, 3.8) is 0 Å². The Morgan fingerprint density at radius 1 is 1.50 bits per heavy atom. The van der Waals surface area contributed by atoms with Crippen molar-refractivity contribution >= 4 is 11.8 Å². The zero-order valence-electron chi connectivity index (χ0n) is 9.56. The summed E-state index contributed by atoms with van der Waals surface area (Å²) in [6, 6.07) is -0.530. The van der Waals surface area contributed by atoms with Crippen LogP contribution in [0.4, 0.5) is 0 Å². The molecule has 0 saturated carbocycles. The van der Waals surface area contributed by atoms with Crippen LogP contribution in [0.15, 0.2) is 0 Å². The summed E-state index contributed by atoms with van der Waals surface area (Å²) >= 11 is 0. The van der Waals surface area contributed by atoms with Gasteiger partial charge in [-0.25, -0.2) is 0 Å². The third-order valence-electron chi connectivity index (χ3n) is 3.25. The molecule has 1 aliphatic heterocycles. The molecular formula is C10H20N4O2. The molecule has 1 aliphatic rings. The average molecular weight is 228 g/mol. The Hall–Kier alpha value is -1.14. The van der Waals surface area contributed by atoms with Gasteiger partial charge >= 0.3 is 0 Å². The lowest BCUT2D eigenvalue weighted by Crippen LogP contribution is -2.46. The molecule has 0 aromatic carbocycles. The molecule has 1 saturated heterocycles. The van der Waals surface area contributed by atoms with E-state index in [0.29, 0.717) is 19.5 Å². The third kappa shape index (κ3) is 2.17. The molecule has 6 heteroatoms. The largest absolute Gasteiger partial charge is 0.368 e. The van der Waals surface area contributed by atoms with Crippen molar-refractivity contribution in [2.24, 2.45) is 29.0 Å². The van der Waals surface area contributed by atoms with Crippen LogP contribution in [0, 0.1) is 11.8 Å². The predicted molar refractivity (Wildman–Crippen MR) is 60.1 cm³/mol. The minimum atomic E-state index is -0.530. The van der Waals surface area contributed by atoms with Gasteiger partial charge in [0.2, 0.25) is 11.8 Å². The Kier molecular flexibility index (Phi) is 4.26. The van der Waals surface area contributed by atoms with Crippen LogP contribution < -0.4 is 17.2 Å². The van der Waals surface area contributed by atoms with Crippen LogP contribution in [0.3, 0.4) is 0 Å². The lowest BCUT2D eigenvalue weighted by atomic mass is 9.96. The highest BCUT2D eigenvalue weighted by Gasteiger charge is 2.42. The van der Waals surface area contributed by atoms with Gasteiger partial charge in [0.15, 0.2) is 0 Å². The second-order valence-electron chi connectivity index (χ2n) is 4.15. The number of rotatable bonds is 5. The van der Waals surface area contributed by atoms with Crippen LogP contribution in [-0.4, -0.2) is 42.4 Å². The molecule has 0 aromatic rings. The topological polar surface area (TPSA) is 115 Å². The van der Waals surface area contributed by atoms with Gasteiger partial charge in [-0.15, -0.1) is 0 Å². The van der Waals surface area contributed by atoms with Crippen LogP contribution in [-0.2, 0) is 9.59 Å². The number of nitrogens with zero attached hydrogens (tertiary/aromatic N) is 1. The Balaban J connectivity index is 2.84. The van der Waals surface area contributed by atoms with E-state index in [1.165, 1.54) is 4.90 Å². The van der Waals surface area contributed by atoms with E-state index in [1.807, 2.05) is 6.92 Å². The van der Waals surface area contributed by atoms with Crippen molar-refractivity contribution in [1.29, 1.82) is 0 Å². The smallest absolute Gasteiger partial charge is 0.240 e. The van der Waals surface area contributed by atoms with E-state index in [-0.39, 0.29) is 24.3 Å². The highest BCUT2D eigenvalue weighted by atomic mass is 16.2. The molecular weight excluding hydrogens is 208 g/mol. The number of likely N-dealkylation sites (tertiary alicyclic amines) is 1. The molecule has 0 aromatic heterocycles. The molecule has 3 atom stereocenters. The Morgan fingerprint density at radius 3 is 2.44 bits per heavy atom. The molecule has 1 rings (SSSR count). The Labute approximate surface area is 95.1 Å². The van der Waals surface area contributed by atoms with Crippen LogP contribution in [0.5, 0.6) is 0 Å². The van der Waals surface area contributed by atoms with Crippen LogP contribution in [0.1, 0.15) is 13.3 Å². The lowest BCUT2D eigenvalue weighted by molar-refractivity contribution is -0.138. The van der Waals surface area contributed by atoms with Crippen molar-refractivity contribution in [2.75, 3.05) is 19.6 Å². The normalized spacial score (nSPS) is 27.2. The molecule has 16 heavy (non-hydrogen) atoms. The van der Waals surface area contributed by atoms with Crippen molar-refractivity contribution in [1.82, 2.24) is 4.90 Å². The first-order valence-corrected chi connectivity index (χ1v) is 5.56. The van der Waals surface area contributed by atoms with Gasteiger partial charge in [0.1, 0.15) is 6.04 Å². The van der Waals surface area contributed by atoms with E-state index < -0.39 is 11.9 Å². The summed E-state index contributed by atoms with van der Waals surface area (Å²) in [6.45, 7) is 2.99. The first-order valence-electron chi connectivity index (χ1n) is 5.56. The van der Waals surface area contributed by atoms with Crippen LogP contribution in [0.2, 0.25) is 0 Å². The second kappa shape index (κ2) is 5.27. The number of hydrogen-bond donors (Lipinski definition) is 3. The second-order valence-corrected chi connectivity index (χ2v) is 4.15. The summed E-state index contributed by atoms with van der Waals surface area (Å²) in [7, 11) is 0. The SMILES string of the molecule is CC[C@@H](C(N)=O)N1C[C@H](CN)[C@@H](CN)C1=O. The average Bonchev–Trinajstić information content (AvgIpc) is 2.56. The quantitative estimate of drug-likeness (QED) is 0.517. The summed E-state index contributed by atoms with van der Waals surface area (Å²) in [6.07, 6.45) is 0.523. The highest BCUT2D eigenvalue weighted by Crippen LogP contribution is 2.25. The van der Waals surface area contributed by atoms with Crippen molar-refractivity contribution in [3.8, 4) is 0 Å². The summed E-state index contributed by atoms with van der Waals surface area (Å²) in [5.74, 6) is -0.794. The number of amides is 2. The molecule has 0 bridgehead atoms. The van der Waals surface area contributed by atoms with Crippen molar-refractivity contribution in [2.45, 2.75) is 19.4 Å². The number of primary amides is 1. The maximum Gasteiger partial charge on any atom is 0.240 e. The minimum absolute atomic E-state index is 0.0332. The fourth-order valence-electron chi connectivity index (χ4n) is 2.27. The van der Waals surface area contributed by atoms with Gasteiger partial charge < -0.3 is 22.1 Å². The zero-order chi connectivity index (χ0) is 12.3. The molecule has 92 valence electrons. The van der Waals surface area contributed by atoms with E-state index in [2.05, 4.69) is 0 Å². The summed E-state index contributed by atoms with van der Waals surface area (Å²) in [5, 5.41) is 0. The van der Waals surface area contributed by atoms with Gasteiger partial charge in [-0.3, -0.25) is 9.59 Å². The predicted octanol–water partition coefficient (Wildman–Crippen LogP) is -1.76. The lowest BCUT2D eigenvalue weighted by Gasteiger charge is -2.24. The first-order chi connectivity index (χ1) is 7.56. The standard InChI is InChI=1S/C10H20N4O2/c1-2-8(9(13)15)14-5-6(3-11)7(4-12)10(14)16/h6-8H,2-5,11-12H2,1H3,(H2,13,15)/t6-,7+,8-/m0/s1. The summed E-state index contributed by atoms with van der Waals surface area (Å²) in [4.78, 5) is 24.7. The highest BCUT2D eigenvalue weighted by molar-refractivity contribution is 5.89. The van der Waals surface area contributed by atoms with Gasteiger partial charge in [0.05, 0.1) is 5.92 Å². The monoisotopic (exact) mass is 228 g/mol. The molecule has 0 unspecified atom stereocenters. The fraction of sp³-hybridized carbons (Fsp3) is 0.800. The van der Waals surface area contributed by atoms with Gasteiger partial charge in [0.25, 0.3) is 0 Å². The van der Waals surface area contributed by atoms with Gasteiger partial charge in [-0.1, -0.05) is 6.92 Å². The van der Waals surface area contributed by atoms with E-state index in [9.17, 15) is 9.59 Å². The first kappa shape index (κ1) is 12.9. The Bertz CT molecular complexity index is 282. The van der Waals surface area contributed by atoms with E-state index in [0.717, 1.165) is 0 Å². The van der Waals surface area contributed by atoms with Gasteiger partial charge in [0, 0.05) is 19.0 Å². The van der Waals surface area contributed by atoms with Crippen molar-refractivity contribution in [3.05, 3.63) is 0 Å². The maximum atomic E-state index is 12.0.